The Labute approximate surface area is 120 Å². The lowest BCUT2D eigenvalue weighted by molar-refractivity contribution is 0.153. The largest absolute Gasteiger partial charge is 0.339 e. The zero-order valence-electron chi connectivity index (χ0n) is 12.1. The van der Waals surface area contributed by atoms with Crippen molar-refractivity contribution in [2.75, 3.05) is 46.3 Å². The van der Waals surface area contributed by atoms with Gasteiger partial charge in [0.2, 0.25) is 0 Å². The van der Waals surface area contributed by atoms with E-state index >= 15 is 0 Å². The minimum Gasteiger partial charge on any atom is -0.339 e. The number of likely N-dealkylation sites (N-methyl/N-ethyl adjacent to an activating group) is 1. The lowest BCUT2D eigenvalue weighted by atomic mass is 10.3. The highest BCUT2D eigenvalue weighted by Gasteiger charge is 2.17. The first-order valence-electron chi connectivity index (χ1n) is 6.86. The van der Waals surface area contributed by atoms with Crippen LogP contribution in [0, 0.1) is 0 Å². The Kier molecular flexibility index (Phi) is 5.14. The van der Waals surface area contributed by atoms with Gasteiger partial charge in [0.25, 0.3) is 10.0 Å². The molecule has 1 aliphatic heterocycles. The van der Waals surface area contributed by atoms with Crippen molar-refractivity contribution >= 4 is 10.0 Å². The van der Waals surface area contributed by atoms with Gasteiger partial charge in [0.05, 0.1) is 6.33 Å². The summed E-state index contributed by atoms with van der Waals surface area (Å²) in [6, 6.07) is 0. The van der Waals surface area contributed by atoms with Crippen LogP contribution in [0.5, 0.6) is 0 Å². The molecule has 0 atom stereocenters. The molecule has 2 heterocycles. The normalized spacial score (nSPS) is 18.5. The summed E-state index contributed by atoms with van der Waals surface area (Å²) in [4.78, 5) is 8.54. The third-order valence-electron chi connectivity index (χ3n) is 3.50. The molecule has 114 valence electrons. The lowest BCUT2D eigenvalue weighted by Crippen LogP contribution is -2.45. The molecule has 0 aromatic carbocycles. The van der Waals surface area contributed by atoms with Crippen molar-refractivity contribution in [3.63, 3.8) is 0 Å². The average Bonchev–Trinajstić information content (AvgIpc) is 2.84. The summed E-state index contributed by atoms with van der Waals surface area (Å²) in [5.74, 6) is 0. The van der Waals surface area contributed by atoms with Crippen molar-refractivity contribution < 1.29 is 8.42 Å². The van der Waals surface area contributed by atoms with E-state index in [4.69, 9.17) is 0 Å². The number of nitrogens with zero attached hydrogens (tertiary/aromatic N) is 4. The first-order chi connectivity index (χ1) is 9.47. The maximum atomic E-state index is 11.9. The third kappa shape index (κ3) is 4.27. The van der Waals surface area contributed by atoms with Gasteiger partial charge in [-0.05, 0) is 20.0 Å². The van der Waals surface area contributed by atoms with E-state index in [9.17, 15) is 8.42 Å². The fourth-order valence-corrected chi connectivity index (χ4v) is 3.23. The second-order valence-corrected chi connectivity index (χ2v) is 6.99. The number of imidazole rings is 1. The Bertz CT molecular complexity index is 520. The molecule has 20 heavy (non-hydrogen) atoms. The van der Waals surface area contributed by atoms with E-state index < -0.39 is 10.0 Å². The van der Waals surface area contributed by atoms with Crippen LogP contribution < -0.4 is 4.72 Å². The van der Waals surface area contributed by atoms with Gasteiger partial charge in [-0.15, -0.1) is 0 Å². The summed E-state index contributed by atoms with van der Waals surface area (Å²) in [7, 11) is 0.413. The summed E-state index contributed by atoms with van der Waals surface area (Å²) < 4.78 is 28.1. The Morgan fingerprint density at radius 1 is 1.25 bits per heavy atom. The standard InChI is InChI=1S/C12H23N5O2S/c1-15-6-8-17(9-7-15)5-3-4-14-20(18,19)12-10-16(2)11-13-12/h10-11,14H,3-9H2,1-2H3. The molecule has 0 spiro atoms. The second kappa shape index (κ2) is 6.66. The smallest absolute Gasteiger partial charge is 0.259 e. The minimum atomic E-state index is -3.46. The SMILES string of the molecule is CN1CCN(CCCNS(=O)(=O)c2cn(C)cn2)CC1. The van der Waals surface area contributed by atoms with Gasteiger partial charge >= 0.3 is 0 Å². The zero-order valence-corrected chi connectivity index (χ0v) is 12.9. The lowest BCUT2D eigenvalue weighted by Gasteiger charge is -2.32. The van der Waals surface area contributed by atoms with Crippen LogP contribution in [-0.2, 0) is 17.1 Å². The maximum Gasteiger partial charge on any atom is 0.259 e. The highest BCUT2D eigenvalue weighted by Crippen LogP contribution is 2.04. The van der Waals surface area contributed by atoms with Crippen molar-refractivity contribution in [2.24, 2.45) is 7.05 Å². The Hall–Kier alpha value is -0.960. The van der Waals surface area contributed by atoms with Crippen molar-refractivity contribution in [3.8, 4) is 0 Å². The van der Waals surface area contributed by atoms with Gasteiger partial charge < -0.3 is 14.4 Å². The van der Waals surface area contributed by atoms with Crippen LogP contribution in [-0.4, -0.2) is 74.1 Å². The van der Waals surface area contributed by atoms with Crippen LogP contribution in [0.15, 0.2) is 17.6 Å². The number of hydrogen-bond acceptors (Lipinski definition) is 5. The first-order valence-corrected chi connectivity index (χ1v) is 8.34. The van der Waals surface area contributed by atoms with Crippen LogP contribution in [0.2, 0.25) is 0 Å². The fourth-order valence-electron chi connectivity index (χ4n) is 2.18. The van der Waals surface area contributed by atoms with Crippen LogP contribution in [0.4, 0.5) is 0 Å². The first kappa shape index (κ1) is 15.4. The molecular weight excluding hydrogens is 278 g/mol. The number of piperazine rings is 1. The Morgan fingerprint density at radius 2 is 1.95 bits per heavy atom. The van der Waals surface area contributed by atoms with Crippen molar-refractivity contribution in [2.45, 2.75) is 11.4 Å². The monoisotopic (exact) mass is 301 g/mol. The van der Waals surface area contributed by atoms with E-state index in [1.54, 1.807) is 11.6 Å². The predicted molar refractivity (Wildman–Crippen MR) is 77.0 cm³/mol. The number of aryl methyl sites for hydroxylation is 1. The maximum absolute atomic E-state index is 11.9. The van der Waals surface area contributed by atoms with Gasteiger partial charge in [0.1, 0.15) is 0 Å². The molecule has 0 unspecified atom stereocenters. The summed E-state index contributed by atoms with van der Waals surface area (Å²) in [5, 5.41) is 0.0830. The highest BCUT2D eigenvalue weighted by atomic mass is 32.2. The predicted octanol–water partition coefficient (Wildman–Crippen LogP) is -0.664. The molecule has 0 radical (unpaired) electrons. The molecule has 8 heteroatoms. The number of aromatic nitrogens is 2. The van der Waals surface area contributed by atoms with Crippen molar-refractivity contribution in [1.82, 2.24) is 24.1 Å². The average molecular weight is 301 g/mol. The van der Waals surface area contributed by atoms with Crippen molar-refractivity contribution in [1.29, 1.82) is 0 Å². The van der Waals surface area contributed by atoms with Crippen molar-refractivity contribution in [3.05, 3.63) is 12.5 Å². The highest BCUT2D eigenvalue weighted by molar-refractivity contribution is 7.89. The van der Waals surface area contributed by atoms with E-state index in [0.717, 1.165) is 39.1 Å². The fraction of sp³-hybridized carbons (Fsp3) is 0.750. The van der Waals surface area contributed by atoms with E-state index in [1.165, 1.54) is 12.5 Å². The molecule has 2 rings (SSSR count). The van der Waals surface area contributed by atoms with Gasteiger partial charge in [0, 0.05) is 46.0 Å². The molecule has 7 nitrogen and oxygen atoms in total. The number of hydrogen-bond donors (Lipinski definition) is 1. The molecule has 0 aliphatic carbocycles. The topological polar surface area (TPSA) is 70.5 Å². The van der Waals surface area contributed by atoms with Gasteiger partial charge in [-0.3, -0.25) is 0 Å². The van der Waals surface area contributed by atoms with Crippen LogP contribution >= 0.6 is 0 Å². The molecule has 0 saturated carbocycles. The summed E-state index contributed by atoms with van der Waals surface area (Å²) in [6.45, 7) is 5.66. The molecule has 0 amide bonds. The molecule has 1 aromatic rings. The molecule has 1 saturated heterocycles. The molecule has 1 fully saturated rings. The van der Waals surface area contributed by atoms with Crippen LogP contribution in [0.3, 0.4) is 0 Å². The Morgan fingerprint density at radius 3 is 2.55 bits per heavy atom. The van der Waals surface area contributed by atoms with Gasteiger partial charge in [-0.1, -0.05) is 0 Å². The van der Waals surface area contributed by atoms with Gasteiger partial charge in [0.15, 0.2) is 5.03 Å². The molecule has 0 bridgehead atoms. The van der Waals surface area contributed by atoms with E-state index in [-0.39, 0.29) is 5.03 Å². The van der Waals surface area contributed by atoms with Gasteiger partial charge in [-0.2, -0.15) is 0 Å². The molecule has 1 aliphatic rings. The number of nitrogens with one attached hydrogen (secondary N) is 1. The molecular formula is C12H23N5O2S. The number of sulfonamides is 1. The van der Waals surface area contributed by atoms with Crippen LogP contribution in [0.1, 0.15) is 6.42 Å². The summed E-state index contributed by atoms with van der Waals surface area (Å²) in [6.07, 6.45) is 3.80. The second-order valence-electron chi connectivity index (χ2n) is 5.27. The summed E-state index contributed by atoms with van der Waals surface area (Å²) in [5.41, 5.74) is 0. The Balaban J connectivity index is 1.70. The van der Waals surface area contributed by atoms with E-state index in [2.05, 4.69) is 26.6 Å². The van der Waals surface area contributed by atoms with E-state index in [1.807, 2.05) is 0 Å². The zero-order chi connectivity index (χ0) is 14.6. The minimum absolute atomic E-state index is 0.0830. The quantitative estimate of drug-likeness (QED) is 0.706. The van der Waals surface area contributed by atoms with E-state index in [0.29, 0.717) is 6.54 Å². The summed E-state index contributed by atoms with van der Waals surface area (Å²) >= 11 is 0. The van der Waals surface area contributed by atoms with Crippen LogP contribution in [0.25, 0.3) is 0 Å². The van der Waals surface area contributed by atoms with Gasteiger partial charge in [-0.25, -0.2) is 18.1 Å². The number of rotatable bonds is 6. The third-order valence-corrected chi connectivity index (χ3v) is 4.84. The molecule has 1 aromatic heterocycles. The molecule has 1 N–H and O–H groups in total.